The molecule has 46 heavy (non-hydrogen) atoms. The van der Waals surface area contributed by atoms with Crippen molar-refractivity contribution in [3.05, 3.63) is 58.7 Å². The van der Waals surface area contributed by atoms with Crippen LogP contribution in [-0.2, 0) is 33.6 Å². The summed E-state index contributed by atoms with van der Waals surface area (Å²) in [6.07, 6.45) is 9.35. The number of anilines is 2. The highest BCUT2D eigenvalue weighted by atomic mass is 16.2. The fourth-order valence-corrected chi connectivity index (χ4v) is 8.17. The van der Waals surface area contributed by atoms with E-state index >= 15 is 0 Å². The zero-order valence-corrected chi connectivity index (χ0v) is 27.9. The van der Waals surface area contributed by atoms with Crippen LogP contribution in [0.2, 0.25) is 0 Å². The van der Waals surface area contributed by atoms with E-state index in [1.807, 2.05) is 13.8 Å². The minimum absolute atomic E-state index is 0.0675. The fraction of sp³-hybridized carbons (Fsp3) is 0.595. The summed E-state index contributed by atoms with van der Waals surface area (Å²) in [5.74, 6) is -0.553. The van der Waals surface area contributed by atoms with Crippen molar-refractivity contribution < 1.29 is 14.4 Å². The molecule has 9 heteroatoms. The van der Waals surface area contributed by atoms with Gasteiger partial charge in [-0.15, -0.1) is 0 Å². The minimum atomic E-state index is -0.653. The topological polar surface area (TPSA) is 97.0 Å². The van der Waals surface area contributed by atoms with Gasteiger partial charge in [0.1, 0.15) is 12.1 Å². The first-order valence-corrected chi connectivity index (χ1v) is 17.6. The smallest absolute Gasteiger partial charge is 0.246 e. The van der Waals surface area contributed by atoms with Crippen molar-refractivity contribution in [2.24, 2.45) is 5.92 Å². The lowest BCUT2D eigenvalue weighted by molar-refractivity contribution is -0.142. The first-order chi connectivity index (χ1) is 22.4. The molecule has 3 atom stereocenters. The number of piperazine rings is 1. The van der Waals surface area contributed by atoms with Gasteiger partial charge in [0.2, 0.25) is 17.7 Å². The van der Waals surface area contributed by atoms with Crippen molar-refractivity contribution >= 4 is 29.1 Å². The molecule has 0 saturated carbocycles. The van der Waals surface area contributed by atoms with Gasteiger partial charge in [-0.1, -0.05) is 38.1 Å². The largest absolute Gasteiger partial charge is 0.368 e. The molecular weight excluding hydrogens is 576 g/mol. The number of amides is 3. The monoisotopic (exact) mass is 628 g/mol. The molecule has 2 saturated heterocycles. The van der Waals surface area contributed by atoms with Crippen LogP contribution in [0.5, 0.6) is 0 Å². The molecule has 9 nitrogen and oxygen atoms in total. The van der Waals surface area contributed by atoms with Crippen LogP contribution in [-0.4, -0.2) is 81.0 Å². The molecule has 3 unspecified atom stereocenters. The molecule has 0 radical (unpaired) electrons. The number of hydrogen-bond acceptors (Lipinski definition) is 6. The number of likely N-dealkylation sites (tertiary alicyclic amines) is 1. The Kier molecular flexibility index (Phi) is 10.2. The number of carbonyl (C=O) groups excluding carboxylic acids is 3. The highest BCUT2D eigenvalue weighted by Crippen LogP contribution is 2.37. The van der Waals surface area contributed by atoms with E-state index in [1.165, 1.54) is 53.7 Å². The van der Waals surface area contributed by atoms with Gasteiger partial charge in [0.05, 0.1) is 12.6 Å². The molecule has 2 aliphatic heterocycles. The van der Waals surface area contributed by atoms with E-state index in [1.54, 1.807) is 17.5 Å². The summed E-state index contributed by atoms with van der Waals surface area (Å²) in [7, 11) is 1.70. The van der Waals surface area contributed by atoms with Gasteiger partial charge >= 0.3 is 0 Å². The van der Waals surface area contributed by atoms with Gasteiger partial charge in [-0.3, -0.25) is 14.4 Å². The number of carbonyl (C=O) groups is 3. The van der Waals surface area contributed by atoms with Crippen LogP contribution in [0.25, 0.3) is 0 Å². The van der Waals surface area contributed by atoms with Crippen LogP contribution in [0.3, 0.4) is 0 Å². The van der Waals surface area contributed by atoms with Gasteiger partial charge in [0.15, 0.2) is 0 Å². The van der Waals surface area contributed by atoms with E-state index in [0.717, 1.165) is 51.9 Å². The normalized spacial score (nSPS) is 21.9. The molecule has 2 heterocycles. The standard InChI is InChI=1S/C37H52N6O3/c1-25(2)35(40-34(44)24-38-3)37(46)43-19-9-18-33(43)36(45)39-30-15-7-14-29-28(30)13-8-17-32(29)42-22-20-41(21-23-42)31-16-6-11-26-10-4-5-12-27(26)31/h6,8,11,13,16-17,25,30,33,35,38H,4-5,7,9-10,12,14-15,18-24H2,1-3H3,(H,39,45)(H,40,44). The second kappa shape index (κ2) is 14.4. The van der Waals surface area contributed by atoms with Crippen LogP contribution >= 0.6 is 0 Å². The van der Waals surface area contributed by atoms with Crippen LogP contribution in [0.4, 0.5) is 11.4 Å². The van der Waals surface area contributed by atoms with Gasteiger partial charge in [-0.05, 0) is 105 Å². The molecular formula is C37H52N6O3. The third-order valence-electron chi connectivity index (χ3n) is 10.6. The van der Waals surface area contributed by atoms with Crippen molar-refractivity contribution in [1.82, 2.24) is 20.9 Å². The van der Waals surface area contributed by atoms with Crippen molar-refractivity contribution in [3.8, 4) is 0 Å². The zero-order valence-electron chi connectivity index (χ0n) is 27.9. The van der Waals surface area contributed by atoms with Gasteiger partial charge in [-0.25, -0.2) is 0 Å². The Morgan fingerprint density at radius 2 is 1.48 bits per heavy atom. The van der Waals surface area contributed by atoms with E-state index in [2.05, 4.69) is 62.1 Å². The lowest BCUT2D eigenvalue weighted by Gasteiger charge is -2.40. The molecule has 3 amide bonds. The first kappa shape index (κ1) is 32.4. The number of aryl methyl sites for hydroxylation is 1. The highest BCUT2D eigenvalue weighted by Gasteiger charge is 2.39. The number of nitrogens with one attached hydrogen (secondary N) is 3. The average molecular weight is 629 g/mol. The SMILES string of the molecule is CNCC(=O)NC(C(=O)N1CCCC1C(=O)NC1CCCc2c1cccc2N1CCN(c2cccc3c2CCCC3)CC1)C(C)C. The summed E-state index contributed by atoms with van der Waals surface area (Å²) in [4.78, 5) is 46.6. The van der Waals surface area contributed by atoms with E-state index in [4.69, 9.17) is 0 Å². The first-order valence-electron chi connectivity index (χ1n) is 17.6. The summed E-state index contributed by atoms with van der Waals surface area (Å²) in [6.45, 7) is 8.53. The molecule has 3 N–H and O–H groups in total. The molecule has 248 valence electrons. The maximum atomic E-state index is 13.8. The summed E-state index contributed by atoms with van der Waals surface area (Å²) in [6, 6.07) is 12.2. The van der Waals surface area contributed by atoms with Crippen molar-refractivity contribution in [2.45, 2.75) is 89.8 Å². The number of benzene rings is 2. The Morgan fingerprint density at radius 1 is 0.804 bits per heavy atom. The second-order valence-corrected chi connectivity index (χ2v) is 13.9. The Balaban J connectivity index is 1.12. The van der Waals surface area contributed by atoms with Gasteiger partial charge in [-0.2, -0.15) is 0 Å². The molecule has 0 bridgehead atoms. The maximum absolute atomic E-state index is 13.8. The molecule has 6 rings (SSSR count). The Morgan fingerprint density at radius 3 is 2.20 bits per heavy atom. The Bertz CT molecular complexity index is 1420. The highest BCUT2D eigenvalue weighted by molar-refractivity contribution is 5.93. The molecule has 2 aromatic rings. The summed E-state index contributed by atoms with van der Waals surface area (Å²) in [5.41, 5.74) is 8.43. The zero-order chi connectivity index (χ0) is 32.2. The number of likely N-dealkylation sites (N-methyl/N-ethyl adjacent to an activating group) is 1. The third kappa shape index (κ3) is 6.75. The van der Waals surface area contributed by atoms with E-state index in [0.29, 0.717) is 13.0 Å². The molecule has 2 aromatic carbocycles. The van der Waals surface area contributed by atoms with Crippen molar-refractivity contribution in [2.75, 3.05) is 56.1 Å². The molecule has 0 aromatic heterocycles. The number of hydrogen-bond donors (Lipinski definition) is 3. The third-order valence-corrected chi connectivity index (χ3v) is 10.6. The number of nitrogens with zero attached hydrogens (tertiary/aromatic N) is 3. The fourth-order valence-electron chi connectivity index (χ4n) is 8.17. The lowest BCUT2D eigenvalue weighted by atomic mass is 9.86. The Hall–Kier alpha value is -3.59. The predicted octanol–water partition coefficient (Wildman–Crippen LogP) is 3.74. The Labute approximate surface area is 274 Å². The molecule has 0 spiro atoms. The van der Waals surface area contributed by atoms with Gasteiger partial charge in [0, 0.05) is 44.1 Å². The van der Waals surface area contributed by atoms with Crippen LogP contribution < -0.4 is 25.8 Å². The average Bonchev–Trinajstić information content (AvgIpc) is 3.57. The molecule has 2 fully saturated rings. The summed E-state index contributed by atoms with van der Waals surface area (Å²) in [5, 5.41) is 9.08. The number of fused-ring (bicyclic) bond motifs is 2. The second-order valence-electron chi connectivity index (χ2n) is 13.9. The van der Waals surface area contributed by atoms with Gasteiger partial charge < -0.3 is 30.7 Å². The maximum Gasteiger partial charge on any atom is 0.246 e. The van der Waals surface area contributed by atoms with Crippen LogP contribution in [0.1, 0.15) is 80.7 Å². The quantitative estimate of drug-likeness (QED) is 0.392. The van der Waals surface area contributed by atoms with Gasteiger partial charge in [0.25, 0.3) is 0 Å². The summed E-state index contributed by atoms with van der Waals surface area (Å²) >= 11 is 0. The van der Waals surface area contributed by atoms with E-state index < -0.39 is 12.1 Å². The van der Waals surface area contributed by atoms with Crippen LogP contribution in [0.15, 0.2) is 36.4 Å². The summed E-state index contributed by atoms with van der Waals surface area (Å²) < 4.78 is 0. The van der Waals surface area contributed by atoms with Crippen molar-refractivity contribution in [1.29, 1.82) is 0 Å². The lowest BCUT2D eigenvalue weighted by Crippen LogP contribution is -2.56. The van der Waals surface area contributed by atoms with Crippen LogP contribution in [0, 0.1) is 5.92 Å². The molecule has 4 aliphatic rings. The molecule has 2 aliphatic carbocycles. The predicted molar refractivity (Wildman–Crippen MR) is 183 cm³/mol. The minimum Gasteiger partial charge on any atom is -0.368 e. The number of rotatable bonds is 9. The van der Waals surface area contributed by atoms with E-state index in [-0.39, 0.29) is 36.2 Å². The van der Waals surface area contributed by atoms with E-state index in [9.17, 15) is 14.4 Å². The van der Waals surface area contributed by atoms with Crippen molar-refractivity contribution in [3.63, 3.8) is 0 Å².